The summed E-state index contributed by atoms with van der Waals surface area (Å²) >= 11 is 0. The Morgan fingerprint density at radius 2 is 1.34 bits per heavy atom. The zero-order valence-electron chi connectivity index (χ0n) is 19.0. The van der Waals surface area contributed by atoms with Gasteiger partial charge in [-0.2, -0.15) is 0 Å². The smallest absolute Gasteiger partial charge is 0.263 e. The number of amides is 1. The maximum atomic E-state index is 13.2. The van der Waals surface area contributed by atoms with Gasteiger partial charge in [-0.05, 0) is 36.6 Å². The van der Waals surface area contributed by atoms with Gasteiger partial charge < -0.3 is 9.64 Å². The lowest BCUT2D eigenvalue weighted by Crippen LogP contribution is -2.53. The van der Waals surface area contributed by atoms with E-state index in [4.69, 9.17) is 4.74 Å². The third-order valence-corrected chi connectivity index (χ3v) is 6.17. The van der Waals surface area contributed by atoms with E-state index in [9.17, 15) is 4.79 Å². The van der Waals surface area contributed by atoms with Gasteiger partial charge >= 0.3 is 0 Å². The van der Waals surface area contributed by atoms with Gasteiger partial charge in [0, 0.05) is 26.2 Å². The highest BCUT2D eigenvalue weighted by atomic mass is 16.5. The van der Waals surface area contributed by atoms with Crippen molar-refractivity contribution in [1.82, 2.24) is 9.80 Å². The molecule has 1 fully saturated rings. The Morgan fingerprint density at radius 3 is 1.84 bits per heavy atom. The number of hydrogen-bond donors (Lipinski definition) is 0. The minimum Gasteiger partial charge on any atom is -0.481 e. The van der Waals surface area contributed by atoms with Crippen molar-refractivity contribution >= 4 is 5.91 Å². The predicted octanol–water partition coefficient (Wildman–Crippen LogP) is 5.09. The van der Waals surface area contributed by atoms with Crippen molar-refractivity contribution in [3.8, 4) is 5.75 Å². The van der Waals surface area contributed by atoms with E-state index in [1.54, 1.807) is 0 Å². The number of hydrogen-bond acceptors (Lipinski definition) is 3. The van der Waals surface area contributed by atoms with Gasteiger partial charge in [-0.1, -0.05) is 85.3 Å². The van der Waals surface area contributed by atoms with Crippen molar-refractivity contribution in [3.05, 3.63) is 102 Å². The molecule has 0 saturated carbocycles. The molecule has 4 rings (SSSR count). The first kappa shape index (κ1) is 22.1. The SMILES string of the molecule is CC[C@H](Oc1ccc(C)cc1)C(=O)N1CCN(C(c2ccccc2)c2ccccc2)CC1. The van der Waals surface area contributed by atoms with Gasteiger partial charge in [0.05, 0.1) is 6.04 Å². The van der Waals surface area contributed by atoms with E-state index in [-0.39, 0.29) is 11.9 Å². The molecule has 0 N–H and O–H groups in total. The average Bonchev–Trinajstić information content (AvgIpc) is 2.85. The fraction of sp³-hybridized carbons (Fsp3) is 0.321. The number of piperazine rings is 1. The minimum atomic E-state index is -0.441. The fourth-order valence-electron chi connectivity index (χ4n) is 4.38. The van der Waals surface area contributed by atoms with Crippen molar-refractivity contribution in [3.63, 3.8) is 0 Å². The van der Waals surface area contributed by atoms with Crippen molar-refractivity contribution in [2.45, 2.75) is 32.4 Å². The van der Waals surface area contributed by atoms with Crippen LogP contribution in [0.2, 0.25) is 0 Å². The van der Waals surface area contributed by atoms with Crippen molar-refractivity contribution in [1.29, 1.82) is 0 Å². The van der Waals surface area contributed by atoms with E-state index in [2.05, 4.69) is 65.6 Å². The van der Waals surface area contributed by atoms with Crippen LogP contribution < -0.4 is 4.74 Å². The van der Waals surface area contributed by atoms with Gasteiger partial charge in [-0.3, -0.25) is 9.69 Å². The quantitative estimate of drug-likeness (QED) is 0.526. The molecule has 1 aliphatic rings. The maximum Gasteiger partial charge on any atom is 0.263 e. The number of rotatable bonds is 7. The van der Waals surface area contributed by atoms with Gasteiger partial charge in [-0.25, -0.2) is 0 Å². The Kier molecular flexibility index (Phi) is 7.23. The first-order valence-corrected chi connectivity index (χ1v) is 11.5. The Bertz CT molecular complexity index is 941. The summed E-state index contributed by atoms with van der Waals surface area (Å²) in [6.07, 6.45) is 0.215. The lowest BCUT2D eigenvalue weighted by molar-refractivity contribution is -0.140. The number of benzene rings is 3. The summed E-state index contributed by atoms with van der Waals surface area (Å²) in [5, 5.41) is 0. The zero-order chi connectivity index (χ0) is 22.3. The predicted molar refractivity (Wildman–Crippen MR) is 129 cm³/mol. The van der Waals surface area contributed by atoms with E-state index >= 15 is 0 Å². The molecule has 0 spiro atoms. The largest absolute Gasteiger partial charge is 0.481 e. The minimum absolute atomic E-state index is 0.0868. The molecule has 3 aromatic carbocycles. The van der Waals surface area contributed by atoms with E-state index in [1.807, 2.05) is 43.0 Å². The Balaban J connectivity index is 1.43. The summed E-state index contributed by atoms with van der Waals surface area (Å²) in [5.74, 6) is 0.839. The van der Waals surface area contributed by atoms with Crippen LogP contribution in [0.5, 0.6) is 5.75 Å². The second-order valence-electron chi connectivity index (χ2n) is 8.41. The summed E-state index contributed by atoms with van der Waals surface area (Å²) in [6, 6.07) is 29.4. The monoisotopic (exact) mass is 428 g/mol. The molecule has 0 aromatic heterocycles. The second kappa shape index (κ2) is 10.5. The van der Waals surface area contributed by atoms with Crippen LogP contribution >= 0.6 is 0 Å². The molecule has 0 radical (unpaired) electrons. The van der Waals surface area contributed by atoms with E-state index < -0.39 is 6.10 Å². The van der Waals surface area contributed by atoms with Crippen molar-refractivity contribution in [2.75, 3.05) is 26.2 Å². The molecule has 0 unspecified atom stereocenters. The zero-order valence-corrected chi connectivity index (χ0v) is 19.0. The van der Waals surface area contributed by atoms with E-state index in [0.29, 0.717) is 19.5 Å². The third-order valence-electron chi connectivity index (χ3n) is 6.17. The summed E-state index contributed by atoms with van der Waals surface area (Å²) in [5.41, 5.74) is 3.75. The van der Waals surface area contributed by atoms with Crippen LogP contribution in [0, 0.1) is 6.92 Å². The molecule has 4 heteroatoms. The Hall–Kier alpha value is -3.11. The molecule has 1 aliphatic heterocycles. The van der Waals surface area contributed by atoms with Crippen LogP contribution in [0.25, 0.3) is 0 Å². The Morgan fingerprint density at radius 1 is 0.812 bits per heavy atom. The van der Waals surface area contributed by atoms with Crippen molar-refractivity contribution in [2.24, 2.45) is 0 Å². The molecule has 32 heavy (non-hydrogen) atoms. The number of aryl methyl sites for hydroxylation is 1. The second-order valence-corrected chi connectivity index (χ2v) is 8.41. The lowest BCUT2D eigenvalue weighted by atomic mass is 9.96. The van der Waals surface area contributed by atoms with Gasteiger partial charge in [0.2, 0.25) is 0 Å². The maximum absolute atomic E-state index is 13.2. The standard InChI is InChI=1S/C28H32N2O2/c1-3-26(32-25-16-14-22(2)15-17-25)28(31)30-20-18-29(19-21-30)27(23-10-6-4-7-11-23)24-12-8-5-9-13-24/h4-17,26-27H,3,18-21H2,1-2H3/t26-/m0/s1. The highest BCUT2D eigenvalue weighted by Crippen LogP contribution is 2.29. The summed E-state index contributed by atoms with van der Waals surface area (Å²) < 4.78 is 6.04. The molecular weight excluding hydrogens is 396 g/mol. The van der Waals surface area contributed by atoms with E-state index in [1.165, 1.54) is 16.7 Å². The molecule has 0 aliphatic carbocycles. The van der Waals surface area contributed by atoms with Gasteiger partial charge in [0.25, 0.3) is 5.91 Å². The molecule has 166 valence electrons. The summed E-state index contributed by atoms with van der Waals surface area (Å²) in [7, 11) is 0. The lowest BCUT2D eigenvalue weighted by Gasteiger charge is -2.40. The molecule has 1 amide bonds. The summed E-state index contributed by atoms with van der Waals surface area (Å²) in [4.78, 5) is 17.6. The topological polar surface area (TPSA) is 32.8 Å². The molecule has 3 aromatic rings. The van der Waals surface area contributed by atoms with Crippen molar-refractivity contribution < 1.29 is 9.53 Å². The van der Waals surface area contributed by atoms with E-state index in [0.717, 1.165) is 18.8 Å². The van der Waals surface area contributed by atoms with Crippen LogP contribution in [0.3, 0.4) is 0 Å². The average molecular weight is 429 g/mol. The van der Waals surface area contributed by atoms with Crippen LogP contribution in [0.15, 0.2) is 84.9 Å². The van der Waals surface area contributed by atoms with Crippen LogP contribution in [0.4, 0.5) is 0 Å². The first-order chi connectivity index (χ1) is 15.7. The van der Waals surface area contributed by atoms with Crippen LogP contribution in [0.1, 0.15) is 36.1 Å². The molecule has 1 heterocycles. The van der Waals surface area contributed by atoms with Crippen LogP contribution in [-0.4, -0.2) is 48.0 Å². The third kappa shape index (κ3) is 5.20. The summed E-state index contributed by atoms with van der Waals surface area (Å²) in [6.45, 7) is 7.14. The number of carbonyl (C=O) groups is 1. The molecule has 1 atom stereocenters. The molecule has 0 bridgehead atoms. The number of nitrogens with zero attached hydrogens (tertiary/aromatic N) is 2. The Labute approximate surface area is 191 Å². The fourth-order valence-corrected chi connectivity index (χ4v) is 4.38. The van der Waals surface area contributed by atoms with Gasteiger partial charge in [0.15, 0.2) is 6.10 Å². The first-order valence-electron chi connectivity index (χ1n) is 11.5. The molecule has 1 saturated heterocycles. The van der Waals surface area contributed by atoms with Gasteiger partial charge in [-0.15, -0.1) is 0 Å². The molecule has 4 nitrogen and oxygen atoms in total. The molecular formula is C28H32N2O2. The highest BCUT2D eigenvalue weighted by molar-refractivity contribution is 5.81. The number of carbonyl (C=O) groups excluding carboxylic acids is 1. The normalized spacial score (nSPS) is 15.5. The highest BCUT2D eigenvalue weighted by Gasteiger charge is 2.31. The van der Waals surface area contributed by atoms with Crippen LogP contribution in [-0.2, 0) is 4.79 Å². The number of ether oxygens (including phenoxy) is 1. The van der Waals surface area contributed by atoms with Gasteiger partial charge in [0.1, 0.15) is 5.75 Å².